The first-order valence-electron chi connectivity index (χ1n) is 11.8. The van der Waals surface area contributed by atoms with Crippen molar-refractivity contribution in [2.45, 2.75) is 76.7 Å². The molecule has 13 heteroatoms. The molecule has 10 N–H and O–H groups in total. The maximum Gasteiger partial charge on any atom is 0.328 e. The van der Waals surface area contributed by atoms with Gasteiger partial charge in [0.05, 0.1) is 12.1 Å². The van der Waals surface area contributed by atoms with Gasteiger partial charge in [0, 0.05) is 12.8 Å². The number of hydrogen-bond donors (Lipinski definition) is 8. The summed E-state index contributed by atoms with van der Waals surface area (Å²) < 4.78 is 0. The molecule has 0 aliphatic rings. The lowest BCUT2D eigenvalue weighted by molar-refractivity contribution is -0.145. The van der Waals surface area contributed by atoms with Crippen molar-refractivity contribution in [2.75, 3.05) is 0 Å². The van der Waals surface area contributed by atoms with E-state index in [0.29, 0.717) is 12.0 Å². The summed E-state index contributed by atoms with van der Waals surface area (Å²) in [6.07, 6.45) is -1.68. The summed E-state index contributed by atoms with van der Waals surface area (Å²) in [6, 6.07) is 0.744. The average Bonchev–Trinajstić information content (AvgIpc) is 2.79. The van der Waals surface area contributed by atoms with E-state index in [9.17, 15) is 39.3 Å². The van der Waals surface area contributed by atoms with Gasteiger partial charge in [0.2, 0.25) is 23.6 Å². The summed E-state index contributed by atoms with van der Waals surface area (Å²) in [5.74, 6) is -4.50. The second-order valence-corrected chi connectivity index (χ2v) is 9.30. The Morgan fingerprint density at radius 3 is 1.92 bits per heavy atom. The molecule has 5 atom stereocenters. The van der Waals surface area contributed by atoms with Gasteiger partial charge in [-0.05, 0) is 43.4 Å². The number of rotatable bonds is 15. The van der Waals surface area contributed by atoms with Crippen LogP contribution in [0.15, 0.2) is 24.3 Å². The fourth-order valence-corrected chi connectivity index (χ4v) is 3.44. The number of nitrogens with two attached hydrogens (primary N) is 2. The number of nitrogens with one attached hydrogen (secondary N) is 3. The Morgan fingerprint density at radius 2 is 1.43 bits per heavy atom. The van der Waals surface area contributed by atoms with E-state index in [1.54, 1.807) is 12.1 Å². The van der Waals surface area contributed by atoms with E-state index in [1.165, 1.54) is 19.1 Å². The molecule has 37 heavy (non-hydrogen) atoms. The number of benzene rings is 1. The van der Waals surface area contributed by atoms with E-state index >= 15 is 0 Å². The van der Waals surface area contributed by atoms with Gasteiger partial charge in [-0.15, -0.1) is 0 Å². The van der Waals surface area contributed by atoms with E-state index in [2.05, 4.69) is 16.0 Å². The first-order chi connectivity index (χ1) is 17.2. The van der Waals surface area contributed by atoms with Gasteiger partial charge in [0.25, 0.3) is 0 Å². The summed E-state index contributed by atoms with van der Waals surface area (Å²) in [7, 11) is 0. The number of aliphatic hydroxyl groups excluding tert-OH is 1. The van der Waals surface area contributed by atoms with Crippen LogP contribution in [-0.2, 0) is 30.4 Å². The predicted molar refractivity (Wildman–Crippen MR) is 133 cm³/mol. The smallest absolute Gasteiger partial charge is 0.328 e. The Bertz CT molecular complexity index is 951. The number of primary amides is 1. The number of phenols is 1. The molecule has 0 bridgehead atoms. The standard InChI is InChI=1S/C24H37N5O8/c1-12(2)10-16(25)21(33)28-18(11-14-4-6-15(31)7-5-14)23(35)27-17(8-9-19(26)32)22(34)29-20(13(3)30)24(36)37/h4-7,12-13,16-18,20,30-31H,8-11,25H2,1-3H3,(H2,26,32)(H,27,35)(H,28,33)(H,29,34)(H,36,37). The van der Waals surface area contributed by atoms with Gasteiger partial charge in [0.1, 0.15) is 17.8 Å². The molecule has 0 spiro atoms. The van der Waals surface area contributed by atoms with Crippen molar-refractivity contribution in [2.24, 2.45) is 17.4 Å². The normalized spacial score (nSPS) is 15.1. The molecule has 0 fully saturated rings. The summed E-state index contributed by atoms with van der Waals surface area (Å²) in [6.45, 7) is 4.93. The number of carbonyl (C=O) groups is 5. The van der Waals surface area contributed by atoms with Crippen LogP contribution in [0.25, 0.3) is 0 Å². The van der Waals surface area contributed by atoms with Crippen LogP contribution in [0.2, 0.25) is 0 Å². The highest BCUT2D eigenvalue weighted by atomic mass is 16.4. The number of aliphatic carboxylic acids is 1. The summed E-state index contributed by atoms with van der Waals surface area (Å²) in [4.78, 5) is 61.4. The number of aliphatic hydroxyl groups is 1. The molecule has 4 amide bonds. The molecular formula is C24H37N5O8. The molecule has 0 aromatic heterocycles. The Kier molecular flexibility index (Phi) is 12.5. The zero-order chi connectivity index (χ0) is 28.3. The van der Waals surface area contributed by atoms with E-state index in [0.717, 1.165) is 0 Å². The van der Waals surface area contributed by atoms with Gasteiger partial charge in [-0.2, -0.15) is 0 Å². The van der Waals surface area contributed by atoms with Gasteiger partial charge in [0.15, 0.2) is 6.04 Å². The maximum absolute atomic E-state index is 13.2. The first-order valence-corrected chi connectivity index (χ1v) is 11.8. The lowest BCUT2D eigenvalue weighted by Gasteiger charge is -2.26. The molecule has 0 radical (unpaired) electrons. The molecule has 0 heterocycles. The SMILES string of the molecule is CC(C)CC(N)C(=O)NC(Cc1ccc(O)cc1)C(=O)NC(CCC(N)=O)C(=O)NC(C(=O)O)C(C)O. The van der Waals surface area contributed by atoms with E-state index < -0.39 is 59.9 Å². The number of carboxylic acid groups (broad SMARTS) is 1. The molecule has 1 rings (SSSR count). The quantitative estimate of drug-likeness (QED) is 0.133. The molecule has 1 aromatic carbocycles. The molecule has 206 valence electrons. The van der Waals surface area contributed by atoms with Gasteiger partial charge >= 0.3 is 5.97 Å². The zero-order valence-electron chi connectivity index (χ0n) is 21.1. The van der Waals surface area contributed by atoms with Crippen LogP contribution in [0.5, 0.6) is 5.75 Å². The van der Waals surface area contributed by atoms with Gasteiger partial charge in [-0.25, -0.2) is 4.79 Å². The van der Waals surface area contributed by atoms with Crippen molar-refractivity contribution in [3.8, 4) is 5.75 Å². The molecule has 0 saturated heterocycles. The third-order valence-electron chi connectivity index (χ3n) is 5.43. The van der Waals surface area contributed by atoms with Crippen molar-refractivity contribution in [3.63, 3.8) is 0 Å². The molecule has 0 saturated carbocycles. The van der Waals surface area contributed by atoms with Crippen LogP contribution in [0.4, 0.5) is 0 Å². The first kappa shape index (κ1) is 31.3. The van der Waals surface area contributed by atoms with Gasteiger partial charge < -0.3 is 42.7 Å². The highest BCUT2D eigenvalue weighted by Crippen LogP contribution is 2.12. The Hall–Kier alpha value is -3.71. The lowest BCUT2D eigenvalue weighted by Crippen LogP contribution is -2.58. The molecule has 5 unspecified atom stereocenters. The van der Waals surface area contributed by atoms with Crippen molar-refractivity contribution in [1.29, 1.82) is 0 Å². The van der Waals surface area contributed by atoms with E-state index in [1.807, 2.05) is 13.8 Å². The number of aromatic hydroxyl groups is 1. The van der Waals surface area contributed by atoms with Crippen LogP contribution >= 0.6 is 0 Å². The third-order valence-corrected chi connectivity index (χ3v) is 5.43. The van der Waals surface area contributed by atoms with Crippen LogP contribution in [0.1, 0.15) is 45.6 Å². The van der Waals surface area contributed by atoms with Crippen molar-refractivity contribution >= 4 is 29.6 Å². The highest BCUT2D eigenvalue weighted by molar-refractivity contribution is 5.94. The molecule has 0 aliphatic heterocycles. The number of carboxylic acids is 1. The Balaban J connectivity index is 3.17. The highest BCUT2D eigenvalue weighted by Gasteiger charge is 2.32. The summed E-state index contributed by atoms with van der Waals surface area (Å²) in [5.41, 5.74) is 11.7. The molecule has 13 nitrogen and oxygen atoms in total. The molecular weight excluding hydrogens is 486 g/mol. The fourth-order valence-electron chi connectivity index (χ4n) is 3.44. The van der Waals surface area contributed by atoms with Crippen molar-refractivity contribution in [1.82, 2.24) is 16.0 Å². The summed E-state index contributed by atoms with van der Waals surface area (Å²) >= 11 is 0. The van der Waals surface area contributed by atoms with Crippen molar-refractivity contribution < 1.29 is 39.3 Å². The fraction of sp³-hybridized carbons (Fsp3) is 0.542. The second-order valence-electron chi connectivity index (χ2n) is 9.30. The topological polar surface area (TPSA) is 234 Å². The van der Waals surface area contributed by atoms with Crippen LogP contribution in [0, 0.1) is 5.92 Å². The van der Waals surface area contributed by atoms with Gasteiger partial charge in [-0.3, -0.25) is 19.2 Å². The minimum atomic E-state index is -1.66. The third kappa shape index (κ3) is 11.3. The number of amides is 4. The average molecular weight is 524 g/mol. The summed E-state index contributed by atoms with van der Waals surface area (Å²) in [5, 5.41) is 35.6. The molecule has 1 aromatic rings. The lowest BCUT2D eigenvalue weighted by atomic mass is 10.0. The van der Waals surface area contributed by atoms with Crippen LogP contribution < -0.4 is 27.4 Å². The Morgan fingerprint density at radius 1 is 0.892 bits per heavy atom. The molecule has 0 aliphatic carbocycles. The van der Waals surface area contributed by atoms with Crippen molar-refractivity contribution in [3.05, 3.63) is 29.8 Å². The minimum Gasteiger partial charge on any atom is -0.508 e. The number of hydrogen-bond acceptors (Lipinski definition) is 8. The number of phenolic OH excluding ortho intramolecular Hbond substituents is 1. The van der Waals surface area contributed by atoms with E-state index in [4.69, 9.17) is 11.5 Å². The largest absolute Gasteiger partial charge is 0.508 e. The monoisotopic (exact) mass is 523 g/mol. The van der Waals surface area contributed by atoms with E-state index in [-0.39, 0.29) is 30.9 Å². The maximum atomic E-state index is 13.2. The van der Waals surface area contributed by atoms with Gasteiger partial charge in [-0.1, -0.05) is 26.0 Å². The van der Waals surface area contributed by atoms with Crippen LogP contribution in [-0.4, -0.2) is 75.2 Å². The minimum absolute atomic E-state index is 0.00188. The van der Waals surface area contributed by atoms with Crippen LogP contribution in [0.3, 0.4) is 0 Å². The zero-order valence-corrected chi connectivity index (χ0v) is 21.1. The predicted octanol–water partition coefficient (Wildman–Crippen LogP) is -1.51. The Labute approximate surface area is 215 Å². The second kappa shape index (κ2) is 14.8. The number of carbonyl (C=O) groups excluding carboxylic acids is 4.